The molecule has 0 saturated heterocycles. The predicted octanol–water partition coefficient (Wildman–Crippen LogP) is 2.59. The summed E-state index contributed by atoms with van der Waals surface area (Å²) in [5, 5.41) is 16.7. The highest BCUT2D eigenvalue weighted by molar-refractivity contribution is 5.33. The Labute approximate surface area is 126 Å². The summed E-state index contributed by atoms with van der Waals surface area (Å²) in [4.78, 5) is 0. The fourth-order valence-corrected chi connectivity index (χ4v) is 2.39. The second kappa shape index (κ2) is 6.80. The van der Waals surface area contributed by atoms with Crippen LogP contribution in [-0.2, 0) is 19.4 Å². The predicted molar refractivity (Wildman–Crippen MR) is 84.6 cm³/mol. The molecule has 5 nitrogen and oxygen atoms in total. The van der Waals surface area contributed by atoms with E-state index in [9.17, 15) is 0 Å². The lowest BCUT2D eigenvalue weighted by molar-refractivity contribution is 0.584. The monoisotopic (exact) mass is 287 g/mol. The molecule has 21 heavy (non-hydrogen) atoms. The van der Waals surface area contributed by atoms with Crippen molar-refractivity contribution in [3.8, 4) is 5.82 Å². The molecule has 0 radical (unpaired) electrons. The van der Waals surface area contributed by atoms with Crippen molar-refractivity contribution in [2.75, 3.05) is 0 Å². The molecule has 0 spiro atoms. The standard InChI is InChI=1S/C16H25N5/c1-6-14-13(10-17-11(3)4)15(7-2)21(20-14)16-9-8-12(5)18-19-16/h8-9,11,17H,6-7,10H2,1-5H3. The lowest BCUT2D eigenvalue weighted by Crippen LogP contribution is -2.23. The fraction of sp³-hybridized carbons (Fsp3) is 0.562. The van der Waals surface area contributed by atoms with Crippen LogP contribution in [0.2, 0.25) is 0 Å². The van der Waals surface area contributed by atoms with Gasteiger partial charge in [-0.15, -0.1) is 5.10 Å². The molecule has 0 atom stereocenters. The highest BCUT2D eigenvalue weighted by atomic mass is 15.4. The molecule has 2 aromatic rings. The number of nitrogens with zero attached hydrogens (tertiary/aromatic N) is 4. The third kappa shape index (κ3) is 3.47. The van der Waals surface area contributed by atoms with Gasteiger partial charge < -0.3 is 5.32 Å². The van der Waals surface area contributed by atoms with Gasteiger partial charge >= 0.3 is 0 Å². The van der Waals surface area contributed by atoms with E-state index in [1.54, 1.807) is 0 Å². The summed E-state index contributed by atoms with van der Waals surface area (Å²) in [6.07, 6.45) is 1.85. The third-order valence-electron chi connectivity index (χ3n) is 3.53. The van der Waals surface area contributed by atoms with Gasteiger partial charge in [-0.2, -0.15) is 10.2 Å². The molecule has 2 aromatic heterocycles. The lowest BCUT2D eigenvalue weighted by Gasteiger charge is -2.10. The van der Waals surface area contributed by atoms with E-state index in [2.05, 4.69) is 43.2 Å². The minimum atomic E-state index is 0.460. The third-order valence-corrected chi connectivity index (χ3v) is 3.53. The SMILES string of the molecule is CCc1nn(-c2ccc(C)nn2)c(CC)c1CNC(C)C. The van der Waals surface area contributed by atoms with Gasteiger partial charge in [0, 0.05) is 18.2 Å². The van der Waals surface area contributed by atoms with Gasteiger partial charge in [-0.05, 0) is 31.9 Å². The smallest absolute Gasteiger partial charge is 0.175 e. The molecule has 0 saturated carbocycles. The molecule has 2 heterocycles. The zero-order valence-electron chi connectivity index (χ0n) is 13.6. The van der Waals surface area contributed by atoms with E-state index in [0.717, 1.165) is 36.6 Å². The Kier molecular flexibility index (Phi) is 5.07. The highest BCUT2D eigenvalue weighted by Crippen LogP contribution is 2.19. The van der Waals surface area contributed by atoms with Gasteiger partial charge in [0.2, 0.25) is 0 Å². The Hall–Kier alpha value is -1.75. The molecular weight excluding hydrogens is 262 g/mol. The van der Waals surface area contributed by atoms with Gasteiger partial charge in [-0.25, -0.2) is 4.68 Å². The Morgan fingerprint density at radius 1 is 1.14 bits per heavy atom. The largest absolute Gasteiger partial charge is 0.310 e. The van der Waals surface area contributed by atoms with Crippen molar-refractivity contribution in [2.45, 2.75) is 60.0 Å². The van der Waals surface area contributed by atoms with E-state index < -0.39 is 0 Å². The summed E-state index contributed by atoms with van der Waals surface area (Å²) >= 11 is 0. The molecule has 0 aromatic carbocycles. The van der Waals surface area contributed by atoms with Crippen LogP contribution in [0, 0.1) is 6.92 Å². The van der Waals surface area contributed by atoms with Crippen LogP contribution in [-0.4, -0.2) is 26.0 Å². The van der Waals surface area contributed by atoms with Crippen molar-refractivity contribution in [3.05, 3.63) is 34.8 Å². The molecule has 114 valence electrons. The number of aromatic nitrogens is 4. The number of hydrogen-bond acceptors (Lipinski definition) is 4. The molecule has 0 aliphatic heterocycles. The maximum atomic E-state index is 4.75. The minimum Gasteiger partial charge on any atom is -0.310 e. The molecular formula is C16H25N5. The van der Waals surface area contributed by atoms with Crippen molar-refractivity contribution in [3.63, 3.8) is 0 Å². The highest BCUT2D eigenvalue weighted by Gasteiger charge is 2.17. The lowest BCUT2D eigenvalue weighted by atomic mass is 10.1. The molecule has 1 N–H and O–H groups in total. The van der Waals surface area contributed by atoms with Crippen molar-refractivity contribution in [1.82, 2.24) is 25.3 Å². The summed E-state index contributed by atoms with van der Waals surface area (Å²) < 4.78 is 1.95. The Bertz CT molecular complexity index is 583. The molecule has 5 heteroatoms. The number of aryl methyl sites for hydroxylation is 2. The second-order valence-electron chi connectivity index (χ2n) is 5.56. The second-order valence-corrected chi connectivity index (χ2v) is 5.56. The molecule has 0 aliphatic rings. The molecule has 2 rings (SSSR count). The van der Waals surface area contributed by atoms with Gasteiger partial charge in [0.15, 0.2) is 5.82 Å². The van der Waals surface area contributed by atoms with Gasteiger partial charge in [0.05, 0.1) is 17.1 Å². The van der Waals surface area contributed by atoms with Crippen molar-refractivity contribution in [1.29, 1.82) is 0 Å². The minimum absolute atomic E-state index is 0.460. The maximum Gasteiger partial charge on any atom is 0.175 e. The normalized spacial score (nSPS) is 11.3. The first-order chi connectivity index (χ1) is 10.1. The molecule has 0 amide bonds. The molecule has 0 fully saturated rings. The first-order valence-corrected chi connectivity index (χ1v) is 7.70. The molecule has 0 unspecified atom stereocenters. The van der Waals surface area contributed by atoms with E-state index in [1.807, 2.05) is 23.7 Å². The molecule has 0 aliphatic carbocycles. The van der Waals surface area contributed by atoms with Crippen molar-refractivity contribution >= 4 is 0 Å². The average molecular weight is 287 g/mol. The zero-order chi connectivity index (χ0) is 15.4. The Morgan fingerprint density at radius 2 is 1.90 bits per heavy atom. The van der Waals surface area contributed by atoms with Gasteiger partial charge in [0.25, 0.3) is 0 Å². The number of hydrogen-bond donors (Lipinski definition) is 1. The summed E-state index contributed by atoms with van der Waals surface area (Å²) in [6, 6.07) is 4.41. The van der Waals surface area contributed by atoms with Crippen LogP contribution in [0.4, 0.5) is 0 Å². The van der Waals surface area contributed by atoms with Crippen molar-refractivity contribution < 1.29 is 0 Å². The van der Waals surface area contributed by atoms with Crippen LogP contribution in [0.5, 0.6) is 0 Å². The number of rotatable bonds is 6. The topological polar surface area (TPSA) is 55.6 Å². The Balaban J connectivity index is 2.44. The van der Waals surface area contributed by atoms with Crippen LogP contribution in [0.15, 0.2) is 12.1 Å². The van der Waals surface area contributed by atoms with E-state index in [1.165, 1.54) is 11.3 Å². The quantitative estimate of drug-likeness (QED) is 0.887. The summed E-state index contributed by atoms with van der Waals surface area (Å²) in [5.41, 5.74) is 4.58. The summed E-state index contributed by atoms with van der Waals surface area (Å²) in [6.45, 7) is 11.4. The molecule has 0 bridgehead atoms. The average Bonchev–Trinajstić information content (AvgIpc) is 2.83. The first-order valence-electron chi connectivity index (χ1n) is 7.70. The van der Waals surface area contributed by atoms with Crippen LogP contribution in [0.3, 0.4) is 0 Å². The van der Waals surface area contributed by atoms with Crippen LogP contribution in [0.1, 0.15) is 50.3 Å². The van der Waals surface area contributed by atoms with E-state index in [-0.39, 0.29) is 0 Å². The van der Waals surface area contributed by atoms with E-state index >= 15 is 0 Å². The zero-order valence-corrected chi connectivity index (χ0v) is 13.6. The summed E-state index contributed by atoms with van der Waals surface area (Å²) in [5.74, 6) is 0.794. The number of nitrogens with one attached hydrogen (secondary N) is 1. The van der Waals surface area contributed by atoms with Crippen molar-refractivity contribution in [2.24, 2.45) is 0 Å². The van der Waals surface area contributed by atoms with E-state index in [0.29, 0.717) is 6.04 Å². The van der Waals surface area contributed by atoms with Gasteiger partial charge in [-0.1, -0.05) is 27.7 Å². The van der Waals surface area contributed by atoms with Gasteiger partial charge in [0.1, 0.15) is 0 Å². The van der Waals surface area contributed by atoms with Crippen LogP contribution >= 0.6 is 0 Å². The van der Waals surface area contributed by atoms with E-state index in [4.69, 9.17) is 5.10 Å². The van der Waals surface area contributed by atoms with Crippen LogP contribution < -0.4 is 5.32 Å². The van der Waals surface area contributed by atoms with Crippen LogP contribution in [0.25, 0.3) is 5.82 Å². The van der Waals surface area contributed by atoms with Gasteiger partial charge in [-0.3, -0.25) is 0 Å². The Morgan fingerprint density at radius 3 is 2.43 bits per heavy atom. The first kappa shape index (κ1) is 15.6. The maximum absolute atomic E-state index is 4.75. The summed E-state index contributed by atoms with van der Waals surface area (Å²) in [7, 11) is 0. The fourth-order valence-electron chi connectivity index (χ4n) is 2.39.